The predicted octanol–water partition coefficient (Wildman–Crippen LogP) is 15.0. The highest BCUT2D eigenvalue weighted by atomic mass is 16.3. The Hall–Kier alpha value is -6.90. The first-order valence-corrected chi connectivity index (χ1v) is 19.1. The predicted molar refractivity (Wildman–Crippen MR) is 232 cm³/mol. The minimum Gasteiger partial charge on any atom is -0.456 e. The van der Waals surface area contributed by atoms with Crippen LogP contribution in [0, 0.1) is 0 Å². The molecule has 11 rings (SSSR count). The maximum atomic E-state index is 6.38. The van der Waals surface area contributed by atoms with Crippen LogP contribution in [0.5, 0.6) is 0 Å². The SMILES string of the molecule is CC1(C)c2cc(-c3c4ccccc4c(-c4ccc5c(c4)oc4ccccc45)c4ccccc34)ccc2-c2ccc(N(c3ccccc3)c3ccccc3)cc21. The van der Waals surface area contributed by atoms with E-state index in [1.54, 1.807) is 0 Å². The summed E-state index contributed by atoms with van der Waals surface area (Å²) in [6.45, 7) is 4.77. The van der Waals surface area contributed by atoms with E-state index in [-0.39, 0.29) is 5.41 Å². The smallest absolute Gasteiger partial charge is 0.136 e. The molecule has 10 aromatic rings. The van der Waals surface area contributed by atoms with Crippen LogP contribution in [0.25, 0.3) is 76.9 Å². The Kier molecular flexibility index (Phi) is 6.93. The molecule has 0 N–H and O–H groups in total. The summed E-state index contributed by atoms with van der Waals surface area (Å²) in [4.78, 5) is 2.36. The average Bonchev–Trinajstić information content (AvgIpc) is 3.71. The lowest BCUT2D eigenvalue weighted by atomic mass is 9.80. The molecule has 0 bridgehead atoms. The van der Waals surface area contributed by atoms with Crippen LogP contribution < -0.4 is 4.90 Å². The molecule has 2 heteroatoms. The molecule has 9 aromatic carbocycles. The van der Waals surface area contributed by atoms with Crippen molar-refractivity contribution in [2.75, 3.05) is 4.90 Å². The number of hydrogen-bond donors (Lipinski definition) is 0. The van der Waals surface area contributed by atoms with Gasteiger partial charge in [-0.2, -0.15) is 0 Å². The number of para-hydroxylation sites is 3. The maximum absolute atomic E-state index is 6.38. The molecule has 0 saturated heterocycles. The third-order valence-corrected chi connectivity index (χ3v) is 11.8. The Balaban J connectivity index is 1.07. The standard InChI is InChI=1S/C53H37NO/c1-53(2)47-31-34(25-28-39(47)40-30-27-38(33-48(40)53)54(36-15-5-3-6-16-36)37-17-7-4-8-18-37)51-43-20-9-11-22-45(43)52(46-23-12-10-21-44(46)51)35-26-29-42-41-19-13-14-24-49(41)55-50(42)32-35/h3-33H,1-2H3. The van der Waals surface area contributed by atoms with Gasteiger partial charge < -0.3 is 9.32 Å². The zero-order chi connectivity index (χ0) is 36.7. The molecule has 1 aliphatic carbocycles. The average molecular weight is 704 g/mol. The number of fused-ring (bicyclic) bond motifs is 8. The molecular formula is C53H37NO. The van der Waals surface area contributed by atoms with Gasteiger partial charge in [-0.1, -0.05) is 141 Å². The Morgan fingerprint density at radius 2 is 0.818 bits per heavy atom. The van der Waals surface area contributed by atoms with Gasteiger partial charge in [0.05, 0.1) is 0 Å². The fraction of sp³-hybridized carbons (Fsp3) is 0.0566. The van der Waals surface area contributed by atoms with E-state index in [0.717, 1.165) is 44.6 Å². The highest BCUT2D eigenvalue weighted by Crippen LogP contribution is 2.53. The van der Waals surface area contributed by atoms with Gasteiger partial charge in [-0.15, -0.1) is 0 Å². The summed E-state index contributed by atoms with van der Waals surface area (Å²) in [7, 11) is 0. The number of furan rings is 1. The maximum Gasteiger partial charge on any atom is 0.136 e. The van der Waals surface area contributed by atoms with Crippen molar-refractivity contribution in [3.63, 3.8) is 0 Å². The first kappa shape index (κ1) is 31.6. The topological polar surface area (TPSA) is 16.4 Å². The van der Waals surface area contributed by atoms with Gasteiger partial charge in [0.15, 0.2) is 0 Å². The first-order chi connectivity index (χ1) is 27.0. The lowest BCUT2D eigenvalue weighted by Gasteiger charge is -2.28. The van der Waals surface area contributed by atoms with Crippen LogP contribution in [0.4, 0.5) is 17.1 Å². The van der Waals surface area contributed by atoms with Crippen molar-refractivity contribution in [2.45, 2.75) is 19.3 Å². The van der Waals surface area contributed by atoms with Gasteiger partial charge in [-0.3, -0.25) is 0 Å². The van der Waals surface area contributed by atoms with Gasteiger partial charge in [0.25, 0.3) is 0 Å². The number of hydrogen-bond acceptors (Lipinski definition) is 2. The second-order valence-electron chi connectivity index (χ2n) is 15.3. The number of benzene rings is 9. The summed E-state index contributed by atoms with van der Waals surface area (Å²) < 4.78 is 6.38. The van der Waals surface area contributed by atoms with Gasteiger partial charge in [-0.25, -0.2) is 0 Å². The van der Waals surface area contributed by atoms with E-state index in [4.69, 9.17) is 4.42 Å². The van der Waals surface area contributed by atoms with Crippen molar-refractivity contribution in [3.8, 4) is 33.4 Å². The monoisotopic (exact) mass is 703 g/mol. The summed E-state index contributed by atoms with van der Waals surface area (Å²) in [5.41, 5.74) is 15.3. The van der Waals surface area contributed by atoms with Crippen LogP contribution >= 0.6 is 0 Å². The van der Waals surface area contributed by atoms with E-state index in [1.807, 2.05) is 12.1 Å². The van der Waals surface area contributed by atoms with Crippen LogP contribution in [0.1, 0.15) is 25.0 Å². The molecule has 1 aromatic heterocycles. The summed E-state index contributed by atoms with van der Waals surface area (Å²) in [6.07, 6.45) is 0. The molecule has 0 unspecified atom stereocenters. The molecule has 0 saturated carbocycles. The quantitative estimate of drug-likeness (QED) is 0.166. The zero-order valence-electron chi connectivity index (χ0n) is 30.8. The van der Waals surface area contributed by atoms with E-state index >= 15 is 0 Å². The molecular weight excluding hydrogens is 667 g/mol. The van der Waals surface area contributed by atoms with E-state index in [1.165, 1.54) is 60.5 Å². The lowest BCUT2D eigenvalue weighted by molar-refractivity contribution is 0.660. The van der Waals surface area contributed by atoms with E-state index < -0.39 is 0 Å². The molecule has 260 valence electrons. The van der Waals surface area contributed by atoms with Crippen molar-refractivity contribution in [3.05, 3.63) is 199 Å². The minimum atomic E-state index is -0.205. The molecule has 0 aliphatic heterocycles. The van der Waals surface area contributed by atoms with E-state index in [0.29, 0.717) is 0 Å². The summed E-state index contributed by atoms with van der Waals surface area (Å²) >= 11 is 0. The van der Waals surface area contributed by atoms with Gasteiger partial charge in [-0.05, 0) is 127 Å². The second kappa shape index (κ2) is 12.1. The van der Waals surface area contributed by atoms with Crippen molar-refractivity contribution < 1.29 is 4.42 Å². The van der Waals surface area contributed by atoms with Crippen LogP contribution in [0.3, 0.4) is 0 Å². The van der Waals surface area contributed by atoms with E-state index in [2.05, 4.69) is 195 Å². The third kappa shape index (κ3) is 4.81. The molecule has 0 amide bonds. The fourth-order valence-electron chi connectivity index (χ4n) is 9.25. The Labute approximate surface area is 320 Å². The summed E-state index contributed by atoms with van der Waals surface area (Å²) in [5.74, 6) is 0. The number of nitrogens with zero attached hydrogens (tertiary/aromatic N) is 1. The number of rotatable bonds is 5. The Morgan fingerprint density at radius 1 is 0.364 bits per heavy atom. The highest BCUT2D eigenvalue weighted by molar-refractivity contribution is 6.22. The van der Waals surface area contributed by atoms with Crippen molar-refractivity contribution in [2.24, 2.45) is 0 Å². The molecule has 1 aliphatic rings. The third-order valence-electron chi connectivity index (χ3n) is 11.8. The molecule has 2 nitrogen and oxygen atoms in total. The molecule has 0 radical (unpaired) electrons. The molecule has 0 fully saturated rings. The number of anilines is 3. The zero-order valence-corrected chi connectivity index (χ0v) is 30.8. The lowest BCUT2D eigenvalue weighted by Crippen LogP contribution is -2.16. The Bertz CT molecular complexity index is 3020. The normalized spacial score (nSPS) is 13.1. The second-order valence-corrected chi connectivity index (χ2v) is 15.3. The largest absolute Gasteiger partial charge is 0.456 e. The molecule has 1 heterocycles. The van der Waals surface area contributed by atoms with Gasteiger partial charge >= 0.3 is 0 Å². The van der Waals surface area contributed by atoms with Crippen LogP contribution in [0.15, 0.2) is 192 Å². The van der Waals surface area contributed by atoms with Crippen LogP contribution in [-0.4, -0.2) is 0 Å². The first-order valence-electron chi connectivity index (χ1n) is 19.1. The highest BCUT2D eigenvalue weighted by Gasteiger charge is 2.36. The molecule has 0 atom stereocenters. The summed E-state index contributed by atoms with van der Waals surface area (Å²) in [6, 6.07) is 68.3. The van der Waals surface area contributed by atoms with Gasteiger partial charge in [0, 0.05) is 33.2 Å². The van der Waals surface area contributed by atoms with Gasteiger partial charge in [0.1, 0.15) is 11.2 Å². The molecule has 55 heavy (non-hydrogen) atoms. The summed E-state index contributed by atoms with van der Waals surface area (Å²) in [5, 5.41) is 7.26. The van der Waals surface area contributed by atoms with Crippen LogP contribution in [-0.2, 0) is 5.41 Å². The fourth-order valence-corrected chi connectivity index (χ4v) is 9.25. The molecule has 0 spiro atoms. The van der Waals surface area contributed by atoms with Crippen molar-refractivity contribution in [1.29, 1.82) is 0 Å². The Morgan fingerprint density at radius 3 is 1.42 bits per heavy atom. The van der Waals surface area contributed by atoms with E-state index in [9.17, 15) is 0 Å². The van der Waals surface area contributed by atoms with Gasteiger partial charge in [0.2, 0.25) is 0 Å². The minimum absolute atomic E-state index is 0.205. The van der Waals surface area contributed by atoms with Crippen molar-refractivity contribution >= 4 is 60.5 Å². The van der Waals surface area contributed by atoms with Crippen LogP contribution in [0.2, 0.25) is 0 Å². The van der Waals surface area contributed by atoms with Crippen molar-refractivity contribution in [1.82, 2.24) is 0 Å².